The van der Waals surface area contributed by atoms with Gasteiger partial charge in [-0.1, -0.05) is 12.5 Å². The summed E-state index contributed by atoms with van der Waals surface area (Å²) in [7, 11) is 0. The topological polar surface area (TPSA) is 57.5 Å². The van der Waals surface area contributed by atoms with Gasteiger partial charge in [-0.2, -0.15) is 0 Å². The van der Waals surface area contributed by atoms with Gasteiger partial charge in [-0.05, 0) is 56.9 Å². The fraction of sp³-hybridized carbons (Fsp3) is 0.800. The van der Waals surface area contributed by atoms with E-state index in [-0.39, 0.29) is 17.1 Å². The smallest absolute Gasteiger partial charge is 0.159 e. The molecule has 0 radical (unpaired) electrons. The van der Waals surface area contributed by atoms with Crippen LogP contribution in [0.3, 0.4) is 0 Å². The lowest BCUT2D eigenvalue weighted by Crippen LogP contribution is -2.58. The summed E-state index contributed by atoms with van der Waals surface area (Å²) >= 11 is 0. The molecule has 18 heavy (non-hydrogen) atoms. The molecule has 0 spiro atoms. The Balaban J connectivity index is 2.41. The quantitative estimate of drug-likeness (QED) is 0.650. The molecular formula is C15H24O3. The number of carbonyl (C=O) groups is 1. The third-order valence-electron chi connectivity index (χ3n) is 5.12. The van der Waals surface area contributed by atoms with E-state index in [1.807, 2.05) is 13.8 Å². The van der Waals surface area contributed by atoms with Crippen LogP contribution in [0.25, 0.3) is 0 Å². The lowest BCUT2D eigenvalue weighted by atomic mass is 9.53. The zero-order chi connectivity index (χ0) is 13.7. The number of fused-ring (bicyclic) bond motifs is 1. The minimum absolute atomic E-state index is 0.0312. The number of rotatable bonds is 0. The molecule has 2 aliphatic rings. The molecule has 2 N–H and O–H groups in total. The molecule has 0 aromatic heterocycles. The second kappa shape index (κ2) is 4.17. The van der Waals surface area contributed by atoms with Gasteiger partial charge < -0.3 is 10.2 Å². The average Bonchev–Trinajstić information content (AvgIpc) is 2.23. The molecule has 102 valence electrons. The number of carbonyl (C=O) groups excluding carboxylic acids is 1. The molecule has 0 bridgehead atoms. The molecule has 0 saturated heterocycles. The van der Waals surface area contributed by atoms with Gasteiger partial charge in [-0.25, -0.2) is 0 Å². The summed E-state index contributed by atoms with van der Waals surface area (Å²) in [4.78, 5) is 12.2. The van der Waals surface area contributed by atoms with Gasteiger partial charge in [-0.15, -0.1) is 0 Å². The van der Waals surface area contributed by atoms with Crippen molar-refractivity contribution in [1.29, 1.82) is 0 Å². The Hall–Kier alpha value is -0.670. The fourth-order valence-electron chi connectivity index (χ4n) is 3.81. The van der Waals surface area contributed by atoms with Crippen molar-refractivity contribution in [2.75, 3.05) is 0 Å². The van der Waals surface area contributed by atoms with Crippen molar-refractivity contribution in [3.8, 4) is 0 Å². The standard InChI is InChI=1S/C15H24O3/c1-9(2)10-7-12-14(3,8-11(10)16)6-5-13(17)15(12,4)18/h12-13,17-18H,5-8H2,1-4H3/t12-,13-,14-,15+/m1/s1. The predicted octanol–water partition coefficient (Wildman–Crippen LogP) is 2.21. The fourth-order valence-corrected chi connectivity index (χ4v) is 3.81. The molecule has 3 nitrogen and oxygen atoms in total. The highest BCUT2D eigenvalue weighted by Gasteiger charge is 2.55. The van der Waals surface area contributed by atoms with Gasteiger partial charge in [0.2, 0.25) is 0 Å². The van der Waals surface area contributed by atoms with Crippen molar-refractivity contribution >= 4 is 5.78 Å². The van der Waals surface area contributed by atoms with Crippen LogP contribution in [0.4, 0.5) is 0 Å². The summed E-state index contributed by atoms with van der Waals surface area (Å²) in [6.07, 6.45) is 1.82. The van der Waals surface area contributed by atoms with E-state index in [2.05, 4.69) is 6.92 Å². The maximum atomic E-state index is 12.2. The third-order valence-corrected chi connectivity index (χ3v) is 5.12. The largest absolute Gasteiger partial charge is 0.390 e. The number of aliphatic hydroxyl groups is 2. The van der Waals surface area contributed by atoms with Crippen molar-refractivity contribution in [2.45, 2.75) is 65.1 Å². The Bertz CT molecular complexity index is 404. The Kier molecular flexibility index (Phi) is 3.19. The summed E-state index contributed by atoms with van der Waals surface area (Å²) in [5.41, 5.74) is 0.637. The first kappa shape index (κ1) is 13.8. The molecule has 0 aromatic rings. The van der Waals surface area contributed by atoms with Crippen LogP contribution in [-0.2, 0) is 4.79 Å². The Morgan fingerprint density at radius 3 is 2.50 bits per heavy atom. The monoisotopic (exact) mass is 252 g/mol. The molecule has 0 amide bonds. The summed E-state index contributed by atoms with van der Waals surface area (Å²) in [6.45, 7) is 7.70. The number of hydrogen-bond acceptors (Lipinski definition) is 3. The van der Waals surface area contributed by atoms with Crippen molar-refractivity contribution in [1.82, 2.24) is 0 Å². The van der Waals surface area contributed by atoms with Gasteiger partial charge in [0.05, 0.1) is 11.7 Å². The van der Waals surface area contributed by atoms with Crippen molar-refractivity contribution in [3.63, 3.8) is 0 Å². The Morgan fingerprint density at radius 2 is 1.94 bits per heavy atom. The number of hydrogen-bond donors (Lipinski definition) is 2. The van der Waals surface area contributed by atoms with Crippen LogP contribution in [0.5, 0.6) is 0 Å². The first-order valence-electron chi connectivity index (χ1n) is 6.78. The van der Waals surface area contributed by atoms with Gasteiger partial charge in [0.15, 0.2) is 5.78 Å². The summed E-state index contributed by atoms with van der Waals surface area (Å²) < 4.78 is 0. The van der Waals surface area contributed by atoms with Gasteiger partial charge >= 0.3 is 0 Å². The minimum atomic E-state index is -1.09. The van der Waals surface area contributed by atoms with Gasteiger partial charge in [0.25, 0.3) is 0 Å². The van der Waals surface area contributed by atoms with Crippen molar-refractivity contribution in [3.05, 3.63) is 11.1 Å². The third kappa shape index (κ3) is 1.94. The van der Waals surface area contributed by atoms with E-state index in [9.17, 15) is 15.0 Å². The molecule has 2 fully saturated rings. The molecule has 0 unspecified atom stereocenters. The van der Waals surface area contributed by atoms with E-state index in [4.69, 9.17) is 0 Å². The van der Waals surface area contributed by atoms with Crippen molar-refractivity contribution in [2.24, 2.45) is 11.3 Å². The molecule has 0 aromatic carbocycles. The highest BCUT2D eigenvalue weighted by molar-refractivity contribution is 5.97. The average molecular weight is 252 g/mol. The van der Waals surface area contributed by atoms with E-state index < -0.39 is 11.7 Å². The number of allylic oxidation sites excluding steroid dienone is 2. The molecule has 0 heterocycles. The zero-order valence-electron chi connectivity index (χ0n) is 11.8. The maximum Gasteiger partial charge on any atom is 0.159 e. The highest BCUT2D eigenvalue weighted by atomic mass is 16.3. The maximum absolute atomic E-state index is 12.2. The molecule has 4 atom stereocenters. The van der Waals surface area contributed by atoms with E-state index in [0.717, 1.165) is 17.6 Å². The van der Waals surface area contributed by atoms with Gasteiger partial charge in [0, 0.05) is 6.42 Å². The van der Waals surface area contributed by atoms with Gasteiger partial charge in [-0.3, -0.25) is 4.79 Å². The molecular weight excluding hydrogens is 228 g/mol. The Labute approximate surface area is 109 Å². The van der Waals surface area contributed by atoms with Crippen molar-refractivity contribution < 1.29 is 15.0 Å². The summed E-state index contributed by atoms with van der Waals surface area (Å²) in [5.74, 6) is 0.192. The first-order valence-corrected chi connectivity index (χ1v) is 6.78. The minimum Gasteiger partial charge on any atom is -0.390 e. The van der Waals surface area contributed by atoms with Crippen LogP contribution in [0, 0.1) is 11.3 Å². The molecule has 0 aliphatic heterocycles. The second-order valence-electron chi connectivity index (χ2n) is 6.77. The van der Waals surface area contributed by atoms with E-state index >= 15 is 0 Å². The lowest BCUT2D eigenvalue weighted by Gasteiger charge is -2.54. The molecule has 2 rings (SSSR count). The van der Waals surface area contributed by atoms with Crippen LogP contribution < -0.4 is 0 Å². The van der Waals surface area contributed by atoms with Crippen LogP contribution in [0.15, 0.2) is 11.1 Å². The number of aliphatic hydroxyl groups excluding tert-OH is 1. The first-order chi connectivity index (χ1) is 8.18. The van der Waals surface area contributed by atoms with Crippen LogP contribution in [-0.4, -0.2) is 27.7 Å². The van der Waals surface area contributed by atoms with E-state index in [1.54, 1.807) is 6.92 Å². The highest BCUT2D eigenvalue weighted by Crippen LogP contribution is 2.54. The predicted molar refractivity (Wildman–Crippen MR) is 70.1 cm³/mol. The number of ketones is 1. The van der Waals surface area contributed by atoms with Crippen LogP contribution in [0.1, 0.15) is 53.4 Å². The molecule has 3 heteroatoms. The number of Topliss-reactive ketones (excluding diaryl/α,β-unsaturated/α-hetero) is 1. The van der Waals surface area contributed by atoms with E-state index in [1.165, 1.54) is 0 Å². The molecule has 2 saturated carbocycles. The van der Waals surface area contributed by atoms with Crippen LogP contribution >= 0.6 is 0 Å². The summed E-state index contributed by atoms with van der Waals surface area (Å²) in [6, 6.07) is 0. The lowest BCUT2D eigenvalue weighted by molar-refractivity contribution is -0.175. The molecule has 2 aliphatic carbocycles. The summed E-state index contributed by atoms with van der Waals surface area (Å²) in [5, 5.41) is 20.6. The van der Waals surface area contributed by atoms with Crippen LogP contribution in [0.2, 0.25) is 0 Å². The normalized spacial score (nSPS) is 44.8. The SMILES string of the molecule is CC(C)=C1C[C@@H]2[C@](C)(CC[C@@H](O)[C@@]2(C)O)CC1=O. The Morgan fingerprint density at radius 1 is 1.33 bits per heavy atom. The van der Waals surface area contributed by atoms with Gasteiger partial charge in [0.1, 0.15) is 0 Å². The van der Waals surface area contributed by atoms with E-state index in [0.29, 0.717) is 19.3 Å². The zero-order valence-corrected chi connectivity index (χ0v) is 11.8. The second-order valence-corrected chi connectivity index (χ2v) is 6.77.